The van der Waals surface area contributed by atoms with Crippen molar-refractivity contribution in [2.75, 3.05) is 5.32 Å². The molecule has 3 aromatic rings. The highest BCUT2D eigenvalue weighted by Gasteiger charge is 2.28. The zero-order valence-corrected chi connectivity index (χ0v) is 16.6. The molecule has 8 nitrogen and oxygen atoms in total. The molecular formula is C18H21N7OS. The van der Waals surface area contributed by atoms with Gasteiger partial charge in [0.25, 0.3) is 5.95 Å². The third-order valence-corrected chi connectivity index (χ3v) is 5.55. The number of anilines is 1. The number of nitrogens with zero attached hydrogens (tertiary/aromatic N) is 6. The summed E-state index contributed by atoms with van der Waals surface area (Å²) >= 11 is 1.46. The second-order valence-electron chi connectivity index (χ2n) is 6.96. The van der Waals surface area contributed by atoms with Crippen molar-refractivity contribution in [1.29, 1.82) is 0 Å². The van der Waals surface area contributed by atoms with Crippen molar-refractivity contribution >= 4 is 22.4 Å². The van der Waals surface area contributed by atoms with Crippen LogP contribution in [-0.2, 0) is 11.2 Å². The van der Waals surface area contributed by atoms with E-state index in [4.69, 9.17) is 0 Å². The molecule has 1 amide bonds. The highest BCUT2D eigenvalue weighted by atomic mass is 32.1. The van der Waals surface area contributed by atoms with Gasteiger partial charge in [-0.05, 0) is 46.6 Å². The molecule has 0 unspecified atom stereocenters. The Bertz CT molecular complexity index is 999. The SMILES string of the molecule is Cc1cc(C)nc(-n2nc(C)c(CC(=O)Nc3nnc(C4CC4)s3)c2C)n1. The van der Waals surface area contributed by atoms with Crippen LogP contribution in [0.3, 0.4) is 0 Å². The normalized spacial score (nSPS) is 13.8. The Hall–Kier alpha value is -2.68. The molecule has 4 rings (SSSR count). The Kier molecular flexibility index (Phi) is 4.47. The van der Waals surface area contributed by atoms with Crippen molar-refractivity contribution in [3.05, 3.63) is 39.4 Å². The van der Waals surface area contributed by atoms with Crippen LogP contribution in [0, 0.1) is 27.7 Å². The first-order valence-corrected chi connectivity index (χ1v) is 9.73. The van der Waals surface area contributed by atoms with E-state index >= 15 is 0 Å². The van der Waals surface area contributed by atoms with Gasteiger partial charge in [-0.3, -0.25) is 4.79 Å². The zero-order chi connectivity index (χ0) is 19.1. The lowest BCUT2D eigenvalue weighted by atomic mass is 10.1. The molecule has 0 aliphatic heterocycles. The van der Waals surface area contributed by atoms with Crippen molar-refractivity contribution in [3.63, 3.8) is 0 Å². The van der Waals surface area contributed by atoms with Gasteiger partial charge in [0.15, 0.2) is 0 Å². The van der Waals surface area contributed by atoms with E-state index in [9.17, 15) is 4.79 Å². The minimum absolute atomic E-state index is 0.124. The largest absolute Gasteiger partial charge is 0.300 e. The van der Waals surface area contributed by atoms with Crippen LogP contribution in [0.25, 0.3) is 5.95 Å². The second-order valence-corrected chi connectivity index (χ2v) is 7.97. The van der Waals surface area contributed by atoms with Gasteiger partial charge in [-0.1, -0.05) is 11.3 Å². The molecule has 9 heteroatoms. The van der Waals surface area contributed by atoms with Gasteiger partial charge in [0.05, 0.1) is 12.1 Å². The maximum atomic E-state index is 12.5. The van der Waals surface area contributed by atoms with Crippen LogP contribution in [0.1, 0.15) is 52.1 Å². The van der Waals surface area contributed by atoms with Crippen molar-refractivity contribution < 1.29 is 4.79 Å². The Balaban J connectivity index is 1.53. The van der Waals surface area contributed by atoms with E-state index in [1.54, 1.807) is 4.68 Å². The van der Waals surface area contributed by atoms with Crippen molar-refractivity contribution in [2.45, 2.75) is 52.9 Å². The van der Waals surface area contributed by atoms with Crippen molar-refractivity contribution in [3.8, 4) is 5.95 Å². The number of hydrogen-bond acceptors (Lipinski definition) is 7. The van der Waals surface area contributed by atoms with E-state index in [-0.39, 0.29) is 12.3 Å². The molecule has 140 valence electrons. The Morgan fingerprint density at radius 3 is 2.56 bits per heavy atom. The van der Waals surface area contributed by atoms with E-state index in [0.717, 1.165) is 33.3 Å². The highest BCUT2D eigenvalue weighted by Crippen LogP contribution is 2.42. The van der Waals surface area contributed by atoms with Crippen LogP contribution in [0.2, 0.25) is 0 Å². The first-order valence-electron chi connectivity index (χ1n) is 8.91. The predicted molar refractivity (Wildman–Crippen MR) is 102 cm³/mol. The molecule has 1 fully saturated rings. The van der Waals surface area contributed by atoms with Crippen LogP contribution in [-0.4, -0.2) is 35.9 Å². The average molecular weight is 383 g/mol. The quantitative estimate of drug-likeness (QED) is 0.727. The summed E-state index contributed by atoms with van der Waals surface area (Å²) in [5.74, 6) is 0.937. The van der Waals surface area contributed by atoms with Crippen LogP contribution in [0.5, 0.6) is 0 Å². The van der Waals surface area contributed by atoms with Crippen LogP contribution in [0.15, 0.2) is 6.07 Å². The smallest absolute Gasteiger partial charge is 0.251 e. The summed E-state index contributed by atoms with van der Waals surface area (Å²) in [6.07, 6.45) is 2.56. The predicted octanol–water partition coefficient (Wildman–Crippen LogP) is 2.81. The summed E-state index contributed by atoms with van der Waals surface area (Å²) in [6, 6.07) is 1.92. The Morgan fingerprint density at radius 2 is 1.89 bits per heavy atom. The second kappa shape index (κ2) is 6.80. The average Bonchev–Trinajstić information content (AvgIpc) is 3.29. The molecule has 0 bridgehead atoms. The molecule has 1 saturated carbocycles. The van der Waals surface area contributed by atoms with Gasteiger partial charge < -0.3 is 5.32 Å². The third-order valence-electron chi connectivity index (χ3n) is 4.55. The van der Waals surface area contributed by atoms with E-state index in [1.807, 2.05) is 33.8 Å². The first-order chi connectivity index (χ1) is 12.9. The topological polar surface area (TPSA) is 98.5 Å². The molecule has 0 atom stereocenters. The standard InChI is InChI=1S/C18H21N7OS/c1-9-7-10(2)20-17(19-9)25-12(4)14(11(3)24-25)8-15(26)21-18-23-22-16(27-18)13-5-6-13/h7,13H,5-6,8H2,1-4H3,(H,21,23,26). The molecule has 3 heterocycles. The minimum Gasteiger partial charge on any atom is -0.300 e. The molecule has 0 saturated heterocycles. The van der Waals surface area contributed by atoms with Gasteiger partial charge in [-0.25, -0.2) is 14.6 Å². The number of aryl methyl sites for hydroxylation is 3. The molecule has 27 heavy (non-hydrogen) atoms. The van der Waals surface area contributed by atoms with E-state index < -0.39 is 0 Å². The number of hydrogen-bond donors (Lipinski definition) is 1. The van der Waals surface area contributed by atoms with Gasteiger partial charge >= 0.3 is 0 Å². The molecule has 0 aromatic carbocycles. The lowest BCUT2D eigenvalue weighted by Crippen LogP contribution is -2.15. The van der Waals surface area contributed by atoms with E-state index in [1.165, 1.54) is 24.2 Å². The van der Waals surface area contributed by atoms with Crippen molar-refractivity contribution in [1.82, 2.24) is 29.9 Å². The van der Waals surface area contributed by atoms with E-state index in [0.29, 0.717) is 17.0 Å². The molecule has 1 aliphatic rings. The van der Waals surface area contributed by atoms with Gasteiger partial charge in [0.2, 0.25) is 11.0 Å². The minimum atomic E-state index is -0.124. The molecule has 0 spiro atoms. The van der Waals surface area contributed by atoms with Crippen molar-refractivity contribution in [2.24, 2.45) is 0 Å². The fraction of sp³-hybridized carbons (Fsp3) is 0.444. The maximum absolute atomic E-state index is 12.5. The summed E-state index contributed by atoms with van der Waals surface area (Å²) in [5.41, 5.74) is 4.30. The zero-order valence-electron chi connectivity index (χ0n) is 15.8. The summed E-state index contributed by atoms with van der Waals surface area (Å²) in [4.78, 5) is 21.4. The Labute approximate surface area is 161 Å². The number of nitrogens with one attached hydrogen (secondary N) is 1. The lowest BCUT2D eigenvalue weighted by Gasteiger charge is -2.06. The van der Waals surface area contributed by atoms with Crippen LogP contribution >= 0.6 is 11.3 Å². The van der Waals surface area contributed by atoms with Gasteiger partial charge in [-0.2, -0.15) is 5.10 Å². The third kappa shape index (κ3) is 3.73. The van der Waals surface area contributed by atoms with Gasteiger partial charge in [-0.15, -0.1) is 10.2 Å². The van der Waals surface area contributed by atoms with Crippen LogP contribution in [0.4, 0.5) is 5.13 Å². The summed E-state index contributed by atoms with van der Waals surface area (Å²) in [5, 5.41) is 17.2. The highest BCUT2D eigenvalue weighted by molar-refractivity contribution is 7.15. The molecule has 1 N–H and O–H groups in total. The molecular weight excluding hydrogens is 362 g/mol. The molecule has 0 radical (unpaired) electrons. The first kappa shape index (κ1) is 17.7. The summed E-state index contributed by atoms with van der Waals surface area (Å²) in [7, 11) is 0. The Morgan fingerprint density at radius 1 is 1.19 bits per heavy atom. The number of amides is 1. The summed E-state index contributed by atoms with van der Waals surface area (Å²) in [6.45, 7) is 7.68. The van der Waals surface area contributed by atoms with Gasteiger partial charge in [0.1, 0.15) is 5.01 Å². The molecule has 1 aliphatic carbocycles. The van der Waals surface area contributed by atoms with E-state index in [2.05, 4.69) is 30.6 Å². The van der Waals surface area contributed by atoms with Crippen LogP contribution < -0.4 is 5.32 Å². The number of carbonyl (C=O) groups is 1. The summed E-state index contributed by atoms with van der Waals surface area (Å²) < 4.78 is 1.70. The lowest BCUT2D eigenvalue weighted by molar-refractivity contribution is -0.115. The fourth-order valence-corrected chi connectivity index (χ4v) is 3.96. The monoisotopic (exact) mass is 383 g/mol. The number of aromatic nitrogens is 6. The number of rotatable bonds is 5. The van der Waals surface area contributed by atoms with Gasteiger partial charge in [0, 0.05) is 28.6 Å². The molecule has 3 aromatic heterocycles. The fourth-order valence-electron chi connectivity index (χ4n) is 3.03. The maximum Gasteiger partial charge on any atom is 0.251 e. The number of carbonyl (C=O) groups excluding carboxylic acids is 1.